The number of carbonyl (C=O) groups excluding carboxylic acids is 1. The maximum atomic E-state index is 11.7. The number of aromatic nitrogens is 4. The Labute approximate surface area is 191 Å². The predicted octanol–water partition coefficient (Wildman–Crippen LogP) is 0.962. The molecule has 0 bridgehead atoms. The Balaban J connectivity index is 1.79. The lowest BCUT2D eigenvalue weighted by Gasteiger charge is -2.19. The van der Waals surface area contributed by atoms with E-state index in [1.165, 1.54) is 12.1 Å². The second-order valence-electron chi connectivity index (χ2n) is 8.27. The Morgan fingerprint density at radius 3 is 2.48 bits per heavy atom. The monoisotopic (exact) mass is 477 g/mol. The van der Waals surface area contributed by atoms with Crippen LogP contribution in [0, 0.1) is 0 Å². The van der Waals surface area contributed by atoms with E-state index in [0.29, 0.717) is 22.3 Å². The molecule has 0 fully saturated rings. The minimum Gasteiger partial charge on any atom is -0.462 e. The minimum atomic E-state index is -3.82. The van der Waals surface area contributed by atoms with Crippen LogP contribution in [0.2, 0.25) is 0 Å². The van der Waals surface area contributed by atoms with Crippen molar-refractivity contribution in [2.75, 3.05) is 13.2 Å². The van der Waals surface area contributed by atoms with E-state index < -0.39 is 27.8 Å². The number of alkyl carbamates (subject to hydrolysis) is 1. The van der Waals surface area contributed by atoms with Gasteiger partial charge >= 0.3 is 12.1 Å². The van der Waals surface area contributed by atoms with Crippen molar-refractivity contribution in [2.45, 2.75) is 37.3 Å². The first-order chi connectivity index (χ1) is 15.3. The molecule has 0 saturated heterocycles. The number of amides is 1. The SMILES string of the molecule is Cn1ncc2c(C(N)c3ccc(S(N)(=O)=O)cc3)nc(OCCNC(=O)OC(C)(C)C)nc21. The van der Waals surface area contributed by atoms with Crippen LogP contribution in [0.4, 0.5) is 4.79 Å². The highest BCUT2D eigenvalue weighted by Gasteiger charge is 2.20. The van der Waals surface area contributed by atoms with Gasteiger partial charge in [-0.1, -0.05) is 12.1 Å². The summed E-state index contributed by atoms with van der Waals surface area (Å²) in [6.07, 6.45) is 1.04. The standard InChI is InChI=1S/C20H27N7O5S/c1-20(2,3)32-19(28)23-9-10-31-18-25-16(14-11-24-27(4)17(14)26-18)15(21)12-5-7-13(8-6-12)33(22,29)30/h5-8,11,15H,9-10,21H2,1-4H3,(H,23,28)(H2,22,29,30). The molecule has 0 radical (unpaired) electrons. The van der Waals surface area contributed by atoms with Crippen LogP contribution in [-0.4, -0.2) is 53.0 Å². The smallest absolute Gasteiger partial charge is 0.407 e. The van der Waals surface area contributed by atoms with Gasteiger partial charge in [0.05, 0.1) is 34.8 Å². The molecule has 1 amide bonds. The van der Waals surface area contributed by atoms with Crippen molar-refractivity contribution in [1.29, 1.82) is 0 Å². The van der Waals surface area contributed by atoms with Crippen molar-refractivity contribution in [1.82, 2.24) is 25.1 Å². The van der Waals surface area contributed by atoms with E-state index in [4.69, 9.17) is 20.3 Å². The lowest BCUT2D eigenvalue weighted by molar-refractivity contribution is 0.0519. The normalized spacial score (nSPS) is 13.0. The van der Waals surface area contributed by atoms with Crippen LogP contribution < -0.4 is 20.9 Å². The van der Waals surface area contributed by atoms with Crippen LogP contribution in [0.5, 0.6) is 6.01 Å². The van der Waals surface area contributed by atoms with Gasteiger partial charge < -0.3 is 20.5 Å². The Bertz CT molecular complexity index is 1250. The van der Waals surface area contributed by atoms with E-state index in [1.54, 1.807) is 50.8 Å². The first-order valence-corrected chi connectivity index (χ1v) is 11.6. The summed E-state index contributed by atoms with van der Waals surface area (Å²) < 4.78 is 35.4. The van der Waals surface area contributed by atoms with Crippen molar-refractivity contribution in [2.24, 2.45) is 17.9 Å². The first-order valence-electron chi connectivity index (χ1n) is 10.0. The molecular weight excluding hydrogens is 450 g/mol. The summed E-state index contributed by atoms with van der Waals surface area (Å²) in [4.78, 5) is 20.5. The van der Waals surface area contributed by atoms with Crippen LogP contribution >= 0.6 is 0 Å². The molecule has 3 aromatic rings. The van der Waals surface area contributed by atoms with Crippen molar-refractivity contribution in [3.8, 4) is 6.01 Å². The zero-order valence-electron chi connectivity index (χ0n) is 18.8. The molecule has 178 valence electrons. The number of hydrogen-bond donors (Lipinski definition) is 3. The van der Waals surface area contributed by atoms with Gasteiger partial charge in [0, 0.05) is 7.05 Å². The molecule has 2 aromatic heterocycles. The van der Waals surface area contributed by atoms with Gasteiger partial charge in [-0.3, -0.25) is 4.68 Å². The maximum absolute atomic E-state index is 11.7. The summed E-state index contributed by atoms with van der Waals surface area (Å²) in [6.45, 7) is 5.59. The fraction of sp³-hybridized carbons (Fsp3) is 0.400. The first kappa shape index (κ1) is 24.4. The lowest BCUT2D eigenvalue weighted by Crippen LogP contribution is -2.34. The fourth-order valence-corrected chi connectivity index (χ4v) is 3.47. The Morgan fingerprint density at radius 2 is 1.88 bits per heavy atom. The highest BCUT2D eigenvalue weighted by molar-refractivity contribution is 7.89. The zero-order chi connectivity index (χ0) is 24.4. The van der Waals surface area contributed by atoms with Gasteiger partial charge in [-0.25, -0.2) is 18.4 Å². The van der Waals surface area contributed by atoms with Crippen molar-refractivity contribution >= 4 is 27.1 Å². The number of primary sulfonamides is 1. The van der Waals surface area contributed by atoms with Crippen LogP contribution in [0.3, 0.4) is 0 Å². The summed E-state index contributed by atoms with van der Waals surface area (Å²) in [6, 6.07) is 5.25. The average molecular weight is 478 g/mol. The number of benzene rings is 1. The molecule has 0 aliphatic rings. The highest BCUT2D eigenvalue weighted by Crippen LogP contribution is 2.27. The van der Waals surface area contributed by atoms with Crippen molar-refractivity contribution < 1.29 is 22.7 Å². The van der Waals surface area contributed by atoms with Gasteiger partial charge in [-0.15, -0.1) is 0 Å². The number of nitrogens with two attached hydrogens (primary N) is 2. The van der Waals surface area contributed by atoms with Gasteiger partial charge in [-0.2, -0.15) is 15.1 Å². The minimum absolute atomic E-state index is 0.0193. The molecule has 1 atom stereocenters. The Kier molecular flexibility index (Phi) is 6.86. The van der Waals surface area contributed by atoms with Gasteiger partial charge in [0.1, 0.15) is 12.2 Å². The lowest BCUT2D eigenvalue weighted by atomic mass is 10.0. The molecule has 0 saturated carbocycles. The summed E-state index contributed by atoms with van der Waals surface area (Å²) in [5.74, 6) is 0. The molecule has 13 heteroatoms. The molecule has 1 aromatic carbocycles. The number of hydrogen-bond acceptors (Lipinski definition) is 9. The van der Waals surface area contributed by atoms with Crippen LogP contribution in [0.25, 0.3) is 11.0 Å². The molecule has 1 unspecified atom stereocenters. The van der Waals surface area contributed by atoms with Crippen LogP contribution in [0.1, 0.15) is 38.1 Å². The van der Waals surface area contributed by atoms with E-state index in [2.05, 4.69) is 20.4 Å². The molecule has 12 nitrogen and oxygen atoms in total. The third-order valence-corrected chi connectivity index (χ3v) is 5.39. The second-order valence-corrected chi connectivity index (χ2v) is 9.83. The average Bonchev–Trinajstić information content (AvgIpc) is 3.09. The predicted molar refractivity (Wildman–Crippen MR) is 120 cm³/mol. The molecule has 0 aliphatic heterocycles. The van der Waals surface area contributed by atoms with E-state index in [9.17, 15) is 13.2 Å². The number of aryl methyl sites for hydroxylation is 1. The molecule has 0 aliphatic carbocycles. The largest absolute Gasteiger partial charge is 0.462 e. The summed E-state index contributed by atoms with van der Waals surface area (Å²) in [7, 11) is -2.09. The molecule has 0 spiro atoms. The number of fused-ring (bicyclic) bond motifs is 1. The molecule has 3 rings (SSSR count). The Morgan fingerprint density at radius 1 is 1.21 bits per heavy atom. The van der Waals surface area contributed by atoms with Gasteiger partial charge in [0.15, 0.2) is 5.65 Å². The molecule has 2 heterocycles. The number of ether oxygens (including phenoxy) is 2. The van der Waals surface area contributed by atoms with Crippen molar-refractivity contribution in [3.63, 3.8) is 0 Å². The third kappa shape index (κ3) is 6.15. The number of carbonyl (C=O) groups is 1. The molecule has 33 heavy (non-hydrogen) atoms. The van der Waals surface area contributed by atoms with Gasteiger partial charge in [0.2, 0.25) is 10.0 Å². The van der Waals surface area contributed by atoms with Crippen LogP contribution in [-0.2, 0) is 21.8 Å². The molecular formula is C20H27N7O5S. The zero-order valence-corrected chi connectivity index (χ0v) is 19.6. The Hall–Kier alpha value is -3.29. The topological polar surface area (TPSA) is 177 Å². The van der Waals surface area contributed by atoms with E-state index in [0.717, 1.165) is 0 Å². The van der Waals surface area contributed by atoms with E-state index in [1.807, 2.05) is 0 Å². The second kappa shape index (κ2) is 9.29. The third-order valence-electron chi connectivity index (χ3n) is 4.46. The van der Waals surface area contributed by atoms with E-state index in [-0.39, 0.29) is 24.1 Å². The van der Waals surface area contributed by atoms with Gasteiger partial charge in [0.25, 0.3) is 0 Å². The summed E-state index contributed by atoms with van der Waals surface area (Å²) in [5.41, 5.74) is 7.41. The molecule has 5 N–H and O–H groups in total. The summed E-state index contributed by atoms with van der Waals surface area (Å²) in [5, 5.41) is 12.6. The quantitative estimate of drug-likeness (QED) is 0.418. The fourth-order valence-electron chi connectivity index (χ4n) is 2.96. The number of nitrogens with zero attached hydrogens (tertiary/aromatic N) is 4. The number of sulfonamides is 1. The van der Waals surface area contributed by atoms with Crippen molar-refractivity contribution in [3.05, 3.63) is 41.7 Å². The number of nitrogens with one attached hydrogen (secondary N) is 1. The summed E-state index contributed by atoms with van der Waals surface area (Å²) >= 11 is 0. The van der Waals surface area contributed by atoms with Gasteiger partial charge in [-0.05, 0) is 38.5 Å². The maximum Gasteiger partial charge on any atom is 0.407 e. The highest BCUT2D eigenvalue weighted by atomic mass is 32.2. The van der Waals surface area contributed by atoms with E-state index >= 15 is 0 Å². The van der Waals surface area contributed by atoms with Crippen LogP contribution in [0.15, 0.2) is 35.4 Å². The number of rotatable bonds is 7.